The van der Waals surface area contributed by atoms with Crippen molar-refractivity contribution >= 4 is 11.3 Å². The Morgan fingerprint density at radius 3 is 1.88 bits per heavy atom. The second-order valence-corrected chi connectivity index (χ2v) is 1.93. The fourth-order valence-corrected chi connectivity index (χ4v) is 0.282. The van der Waals surface area contributed by atoms with Crippen molar-refractivity contribution in [1.82, 2.24) is 4.31 Å². The molecule has 0 aliphatic carbocycles. The first kappa shape index (κ1) is 7.93. The highest BCUT2D eigenvalue weighted by atomic mass is 32.2. The third-order valence-electron chi connectivity index (χ3n) is 0.488. The molecule has 0 bridgehead atoms. The zero-order valence-corrected chi connectivity index (χ0v) is 4.70. The van der Waals surface area contributed by atoms with Gasteiger partial charge in [0.25, 0.3) is 0 Å². The van der Waals surface area contributed by atoms with E-state index < -0.39 is 24.9 Å². The highest BCUT2D eigenvalue weighted by molar-refractivity contribution is 7.76. The molecule has 0 saturated carbocycles. The SMILES string of the molecule is O=S(O)N(CF)CF. The Bertz CT molecular complexity index is 86.1. The maximum atomic E-state index is 11.2. The summed E-state index contributed by atoms with van der Waals surface area (Å²) >= 11 is -2.52. The summed E-state index contributed by atoms with van der Waals surface area (Å²) in [7, 11) is 0. The van der Waals surface area contributed by atoms with Gasteiger partial charge in [-0.15, -0.1) is 4.31 Å². The van der Waals surface area contributed by atoms with Gasteiger partial charge in [0.05, 0.1) is 0 Å². The third kappa shape index (κ3) is 2.29. The summed E-state index contributed by atoms with van der Waals surface area (Å²) in [4.78, 5) is 0. The van der Waals surface area contributed by atoms with Gasteiger partial charge in [-0.25, -0.2) is 13.0 Å². The van der Waals surface area contributed by atoms with Crippen molar-refractivity contribution in [2.75, 3.05) is 13.6 Å². The van der Waals surface area contributed by atoms with E-state index in [-0.39, 0.29) is 4.31 Å². The van der Waals surface area contributed by atoms with Gasteiger partial charge in [0.2, 0.25) is 11.3 Å². The number of rotatable bonds is 3. The molecular weight excluding hydrogens is 140 g/mol. The van der Waals surface area contributed by atoms with Gasteiger partial charge in [0.15, 0.2) is 13.6 Å². The van der Waals surface area contributed by atoms with Gasteiger partial charge in [-0.3, -0.25) is 4.55 Å². The van der Waals surface area contributed by atoms with Crippen molar-refractivity contribution < 1.29 is 17.5 Å². The van der Waals surface area contributed by atoms with Crippen LogP contribution in [0.2, 0.25) is 0 Å². The molecule has 0 fully saturated rings. The second-order valence-electron chi connectivity index (χ2n) is 0.952. The van der Waals surface area contributed by atoms with Gasteiger partial charge in [-0.2, -0.15) is 0 Å². The molecule has 3 nitrogen and oxygen atoms in total. The molecule has 0 aromatic heterocycles. The highest BCUT2D eigenvalue weighted by Gasteiger charge is 2.07. The Morgan fingerprint density at radius 1 is 1.50 bits per heavy atom. The molecule has 6 heteroatoms. The van der Waals surface area contributed by atoms with E-state index in [1.807, 2.05) is 0 Å². The maximum absolute atomic E-state index is 11.2. The molecule has 8 heavy (non-hydrogen) atoms. The van der Waals surface area contributed by atoms with Crippen molar-refractivity contribution in [2.24, 2.45) is 0 Å². The van der Waals surface area contributed by atoms with Crippen LogP contribution >= 0.6 is 0 Å². The molecule has 1 N–H and O–H groups in total. The summed E-state index contributed by atoms with van der Waals surface area (Å²) in [6, 6.07) is 0. The summed E-state index contributed by atoms with van der Waals surface area (Å²) in [6.07, 6.45) is 0. The Kier molecular flexibility index (Phi) is 3.84. The minimum Gasteiger partial charge on any atom is -0.293 e. The van der Waals surface area contributed by atoms with Crippen LogP contribution in [-0.4, -0.2) is 26.7 Å². The average Bonchev–Trinajstić information content (AvgIpc) is 1.69. The Balaban J connectivity index is 3.52. The minimum atomic E-state index is -2.52. The lowest BCUT2D eigenvalue weighted by Crippen LogP contribution is -2.23. The molecule has 0 aliphatic heterocycles. The van der Waals surface area contributed by atoms with E-state index in [1.54, 1.807) is 0 Å². The first-order chi connectivity index (χ1) is 3.72. The monoisotopic (exact) mass is 145 g/mol. The molecule has 1 atom stereocenters. The number of alkyl halides is 2. The van der Waals surface area contributed by atoms with Gasteiger partial charge in [0, 0.05) is 0 Å². The molecule has 0 rings (SSSR count). The van der Waals surface area contributed by atoms with Gasteiger partial charge >= 0.3 is 0 Å². The van der Waals surface area contributed by atoms with E-state index in [0.29, 0.717) is 0 Å². The Hall–Kier alpha value is -0.0700. The van der Waals surface area contributed by atoms with Crippen molar-refractivity contribution in [1.29, 1.82) is 0 Å². The van der Waals surface area contributed by atoms with Crippen molar-refractivity contribution in [3.8, 4) is 0 Å². The predicted octanol–water partition coefficient (Wildman–Crippen LogP) is 0.279. The van der Waals surface area contributed by atoms with Crippen molar-refractivity contribution in [2.45, 2.75) is 0 Å². The van der Waals surface area contributed by atoms with E-state index in [2.05, 4.69) is 0 Å². The standard InChI is InChI=1S/C2H5F2NO2S/c3-1-5(2-4)8(6)7/h1-2H2,(H,6,7). The van der Waals surface area contributed by atoms with E-state index in [0.717, 1.165) is 0 Å². The normalized spacial score (nSPS) is 14.5. The first-order valence-corrected chi connectivity index (χ1v) is 2.76. The van der Waals surface area contributed by atoms with Crippen LogP contribution in [0.3, 0.4) is 0 Å². The van der Waals surface area contributed by atoms with E-state index in [1.165, 1.54) is 0 Å². The van der Waals surface area contributed by atoms with Crippen molar-refractivity contribution in [3.05, 3.63) is 0 Å². The molecule has 0 amide bonds. The molecule has 0 radical (unpaired) electrons. The Morgan fingerprint density at radius 2 is 1.88 bits per heavy atom. The number of halogens is 2. The van der Waals surface area contributed by atoms with Crippen LogP contribution in [0.25, 0.3) is 0 Å². The molecule has 0 aromatic carbocycles. The fraction of sp³-hybridized carbons (Fsp3) is 1.00. The molecule has 1 unspecified atom stereocenters. The molecule has 0 aliphatic rings. The van der Waals surface area contributed by atoms with Gasteiger partial charge in [0.1, 0.15) is 0 Å². The van der Waals surface area contributed by atoms with E-state index in [4.69, 9.17) is 4.55 Å². The first-order valence-electron chi connectivity index (χ1n) is 1.70. The maximum Gasteiger partial charge on any atom is 0.239 e. The summed E-state index contributed by atoms with van der Waals surface area (Å²) < 4.78 is 40.2. The van der Waals surface area contributed by atoms with Crippen LogP contribution in [0.4, 0.5) is 8.78 Å². The summed E-state index contributed by atoms with van der Waals surface area (Å²) in [5, 5.41) is 0. The largest absolute Gasteiger partial charge is 0.293 e. The number of hydrogen-bond donors (Lipinski definition) is 1. The zero-order valence-electron chi connectivity index (χ0n) is 3.88. The summed E-state index contributed by atoms with van der Waals surface area (Å²) in [5.41, 5.74) is 0. The summed E-state index contributed by atoms with van der Waals surface area (Å²) in [6.45, 7) is -2.50. The van der Waals surface area contributed by atoms with Crippen LogP contribution in [0.15, 0.2) is 0 Å². The minimum absolute atomic E-state index is 0.111. The smallest absolute Gasteiger partial charge is 0.239 e. The summed E-state index contributed by atoms with van der Waals surface area (Å²) in [5.74, 6) is 0. The van der Waals surface area contributed by atoms with Gasteiger partial charge in [-0.05, 0) is 0 Å². The number of hydrogen-bond acceptors (Lipinski definition) is 1. The van der Waals surface area contributed by atoms with Gasteiger partial charge < -0.3 is 0 Å². The van der Waals surface area contributed by atoms with Crippen LogP contribution in [0.5, 0.6) is 0 Å². The predicted molar refractivity (Wildman–Crippen MR) is 24.6 cm³/mol. The topological polar surface area (TPSA) is 40.5 Å². The second kappa shape index (κ2) is 3.88. The molecule has 0 aromatic rings. The molecular formula is C2H5F2NO2S. The zero-order chi connectivity index (χ0) is 6.57. The van der Waals surface area contributed by atoms with Crippen LogP contribution in [0, 0.1) is 0 Å². The molecule has 0 heterocycles. The van der Waals surface area contributed by atoms with E-state index >= 15 is 0 Å². The number of nitrogens with zero attached hydrogens (tertiary/aromatic N) is 1. The molecule has 0 saturated heterocycles. The fourth-order valence-electron chi connectivity index (χ4n) is 0.115. The lowest BCUT2D eigenvalue weighted by molar-refractivity contribution is 0.216. The van der Waals surface area contributed by atoms with Crippen LogP contribution in [0.1, 0.15) is 0 Å². The highest BCUT2D eigenvalue weighted by Crippen LogP contribution is 1.90. The molecule has 0 spiro atoms. The quantitative estimate of drug-likeness (QED) is 0.457. The third-order valence-corrected chi connectivity index (χ3v) is 1.12. The van der Waals surface area contributed by atoms with Crippen LogP contribution in [-0.2, 0) is 11.3 Å². The van der Waals surface area contributed by atoms with E-state index in [9.17, 15) is 13.0 Å². The average molecular weight is 145 g/mol. The lowest BCUT2D eigenvalue weighted by Gasteiger charge is -2.04. The Labute approximate surface area is 47.7 Å². The van der Waals surface area contributed by atoms with Crippen molar-refractivity contribution in [3.63, 3.8) is 0 Å². The lowest BCUT2D eigenvalue weighted by atomic mass is 11.2. The molecule has 50 valence electrons. The van der Waals surface area contributed by atoms with Gasteiger partial charge in [-0.1, -0.05) is 0 Å². The van der Waals surface area contributed by atoms with Crippen LogP contribution < -0.4 is 0 Å².